The Labute approximate surface area is 108 Å². The minimum absolute atomic E-state index is 0.0729. The van der Waals surface area contributed by atoms with E-state index >= 15 is 0 Å². The first kappa shape index (κ1) is 14.4. The second kappa shape index (κ2) is 6.32. The normalized spacial score (nSPS) is 11.8. The first-order valence-corrected chi connectivity index (χ1v) is 5.32. The van der Waals surface area contributed by atoms with Crippen molar-refractivity contribution >= 4 is 23.5 Å². The molecule has 0 saturated heterocycles. The Kier molecular flexibility index (Phi) is 5.06. The lowest BCUT2D eigenvalue weighted by Crippen LogP contribution is -2.44. The van der Waals surface area contributed by atoms with Gasteiger partial charge in [-0.05, 0) is 18.2 Å². The van der Waals surface area contributed by atoms with E-state index in [4.69, 9.17) is 16.7 Å². The van der Waals surface area contributed by atoms with Gasteiger partial charge in [0.1, 0.15) is 5.82 Å². The Morgan fingerprint density at radius 2 is 2.22 bits per heavy atom. The molecule has 1 rings (SSSR count). The van der Waals surface area contributed by atoms with E-state index in [1.54, 1.807) is 0 Å². The summed E-state index contributed by atoms with van der Waals surface area (Å²) in [6.45, 7) is -0.604. The fraction of sp³-hybridized carbons (Fsp3) is 0.273. The lowest BCUT2D eigenvalue weighted by atomic mass is 10.2. The third-order valence-electron chi connectivity index (χ3n) is 2.16. The maximum atomic E-state index is 12.9. The molecule has 18 heavy (non-hydrogen) atoms. The summed E-state index contributed by atoms with van der Waals surface area (Å²) in [5, 5.41) is 10.9. The molecule has 0 bridgehead atoms. The second-order valence-corrected chi connectivity index (χ2v) is 3.77. The number of ether oxygens (including phenoxy) is 1. The van der Waals surface area contributed by atoms with Crippen LogP contribution in [0.3, 0.4) is 0 Å². The highest BCUT2D eigenvalue weighted by Gasteiger charge is 2.21. The van der Waals surface area contributed by atoms with Gasteiger partial charge >= 0.3 is 5.97 Å². The van der Waals surface area contributed by atoms with Gasteiger partial charge in [-0.25, -0.2) is 9.18 Å². The fourth-order valence-corrected chi connectivity index (χ4v) is 1.38. The van der Waals surface area contributed by atoms with Crippen LogP contribution in [0.25, 0.3) is 0 Å². The van der Waals surface area contributed by atoms with Crippen LogP contribution in [0.2, 0.25) is 5.02 Å². The smallest absolute Gasteiger partial charge is 0.330 e. The summed E-state index contributed by atoms with van der Waals surface area (Å²) in [4.78, 5) is 22.8. The van der Waals surface area contributed by atoms with E-state index in [-0.39, 0.29) is 10.6 Å². The molecule has 0 radical (unpaired) electrons. The molecule has 0 fully saturated rings. The van der Waals surface area contributed by atoms with Crippen LogP contribution in [-0.2, 0) is 9.53 Å². The molecule has 1 unspecified atom stereocenters. The van der Waals surface area contributed by atoms with Crippen molar-refractivity contribution in [3.05, 3.63) is 34.6 Å². The summed E-state index contributed by atoms with van der Waals surface area (Å²) >= 11 is 5.52. The first-order chi connectivity index (χ1) is 8.49. The average Bonchev–Trinajstić information content (AvgIpc) is 2.37. The van der Waals surface area contributed by atoms with Crippen molar-refractivity contribution in [2.24, 2.45) is 0 Å². The minimum atomic E-state index is -1.17. The van der Waals surface area contributed by atoms with Crippen molar-refractivity contribution in [1.82, 2.24) is 5.32 Å². The molecule has 98 valence electrons. The van der Waals surface area contributed by atoms with E-state index in [1.807, 2.05) is 0 Å². The maximum Gasteiger partial charge on any atom is 0.330 e. The number of rotatable bonds is 4. The Bertz CT molecular complexity index is 466. The van der Waals surface area contributed by atoms with Crippen LogP contribution >= 0.6 is 11.6 Å². The largest absolute Gasteiger partial charge is 0.467 e. The van der Waals surface area contributed by atoms with Crippen molar-refractivity contribution in [3.63, 3.8) is 0 Å². The summed E-state index contributed by atoms with van der Waals surface area (Å²) in [6.07, 6.45) is 0. The summed E-state index contributed by atoms with van der Waals surface area (Å²) < 4.78 is 17.3. The fourth-order valence-electron chi connectivity index (χ4n) is 1.20. The molecule has 7 heteroatoms. The average molecular weight is 276 g/mol. The molecule has 5 nitrogen and oxygen atoms in total. The Hall–Kier alpha value is -1.66. The van der Waals surface area contributed by atoms with Gasteiger partial charge in [0, 0.05) is 5.56 Å². The molecule has 0 aliphatic rings. The Morgan fingerprint density at radius 1 is 1.56 bits per heavy atom. The van der Waals surface area contributed by atoms with Gasteiger partial charge in [-0.2, -0.15) is 0 Å². The predicted octanol–water partition coefficient (Wildman–Crippen LogP) is 0.743. The number of halogens is 2. The second-order valence-electron chi connectivity index (χ2n) is 3.36. The highest BCUT2D eigenvalue weighted by atomic mass is 35.5. The zero-order chi connectivity index (χ0) is 13.7. The molecule has 1 aromatic carbocycles. The molecule has 0 aliphatic heterocycles. The van der Waals surface area contributed by atoms with Crippen molar-refractivity contribution in [2.75, 3.05) is 13.7 Å². The lowest BCUT2D eigenvalue weighted by molar-refractivity contribution is -0.143. The van der Waals surface area contributed by atoms with E-state index in [0.29, 0.717) is 0 Å². The number of hydrogen-bond donors (Lipinski definition) is 2. The van der Waals surface area contributed by atoms with E-state index in [1.165, 1.54) is 6.07 Å². The number of hydrogen-bond acceptors (Lipinski definition) is 4. The number of carbonyl (C=O) groups excluding carboxylic acids is 2. The molecule has 1 amide bonds. The molecule has 0 aliphatic carbocycles. The maximum absolute atomic E-state index is 12.9. The van der Waals surface area contributed by atoms with E-state index in [0.717, 1.165) is 19.2 Å². The number of benzene rings is 1. The van der Waals surface area contributed by atoms with Gasteiger partial charge in [0.15, 0.2) is 6.04 Å². The van der Waals surface area contributed by atoms with Crippen molar-refractivity contribution in [2.45, 2.75) is 6.04 Å². The van der Waals surface area contributed by atoms with E-state index < -0.39 is 30.3 Å². The number of methoxy groups -OCH3 is 1. The first-order valence-electron chi connectivity index (χ1n) is 4.94. The van der Waals surface area contributed by atoms with Gasteiger partial charge in [-0.3, -0.25) is 4.79 Å². The summed E-state index contributed by atoms with van der Waals surface area (Å²) in [5.41, 5.74) is 0.0729. The van der Waals surface area contributed by atoms with Crippen LogP contribution in [0.1, 0.15) is 10.4 Å². The monoisotopic (exact) mass is 275 g/mol. The van der Waals surface area contributed by atoms with Crippen molar-refractivity contribution in [1.29, 1.82) is 0 Å². The van der Waals surface area contributed by atoms with Crippen LogP contribution in [0.5, 0.6) is 0 Å². The Morgan fingerprint density at radius 3 is 2.72 bits per heavy atom. The number of aliphatic hydroxyl groups excluding tert-OH is 1. The van der Waals surface area contributed by atoms with Crippen LogP contribution in [-0.4, -0.2) is 36.7 Å². The van der Waals surface area contributed by atoms with Gasteiger partial charge in [0.05, 0.1) is 18.7 Å². The third kappa shape index (κ3) is 3.41. The molecule has 1 aromatic rings. The van der Waals surface area contributed by atoms with Gasteiger partial charge in [0.25, 0.3) is 5.91 Å². The van der Waals surface area contributed by atoms with Crippen molar-refractivity contribution in [3.8, 4) is 0 Å². The standard InChI is InChI=1S/C11H11ClFNO4/c1-18-11(17)9(5-15)14-10(16)6-2-3-8(13)7(12)4-6/h2-4,9,15H,5H2,1H3,(H,14,16). The molecule has 2 N–H and O–H groups in total. The van der Waals surface area contributed by atoms with E-state index in [2.05, 4.69) is 10.1 Å². The lowest BCUT2D eigenvalue weighted by Gasteiger charge is -2.13. The highest BCUT2D eigenvalue weighted by Crippen LogP contribution is 2.15. The van der Waals surface area contributed by atoms with Crippen LogP contribution in [0.15, 0.2) is 18.2 Å². The highest BCUT2D eigenvalue weighted by molar-refractivity contribution is 6.31. The van der Waals surface area contributed by atoms with Crippen molar-refractivity contribution < 1.29 is 23.8 Å². The number of amides is 1. The third-order valence-corrected chi connectivity index (χ3v) is 2.45. The molecular formula is C11H11ClFNO4. The SMILES string of the molecule is COC(=O)C(CO)NC(=O)c1ccc(F)c(Cl)c1. The number of carbonyl (C=O) groups is 2. The predicted molar refractivity (Wildman–Crippen MR) is 61.8 cm³/mol. The van der Waals surface area contributed by atoms with Gasteiger partial charge < -0.3 is 15.2 Å². The molecule has 1 atom stereocenters. The Balaban J connectivity index is 2.81. The van der Waals surface area contributed by atoms with Gasteiger partial charge in [0.2, 0.25) is 0 Å². The number of aliphatic hydroxyl groups is 1. The topological polar surface area (TPSA) is 75.6 Å². The van der Waals surface area contributed by atoms with E-state index in [9.17, 15) is 14.0 Å². The minimum Gasteiger partial charge on any atom is -0.467 e. The molecular weight excluding hydrogens is 265 g/mol. The summed E-state index contributed by atoms with van der Waals surface area (Å²) in [7, 11) is 1.13. The number of nitrogens with one attached hydrogen (secondary N) is 1. The number of esters is 1. The quantitative estimate of drug-likeness (QED) is 0.795. The van der Waals surface area contributed by atoms with Gasteiger partial charge in [-0.15, -0.1) is 0 Å². The summed E-state index contributed by atoms with van der Waals surface area (Å²) in [6, 6.07) is 2.19. The zero-order valence-corrected chi connectivity index (χ0v) is 10.2. The zero-order valence-electron chi connectivity index (χ0n) is 9.44. The molecule has 0 heterocycles. The molecule has 0 spiro atoms. The molecule has 0 saturated carbocycles. The van der Waals surface area contributed by atoms with Crippen LogP contribution < -0.4 is 5.32 Å². The van der Waals surface area contributed by atoms with Crippen LogP contribution in [0, 0.1) is 5.82 Å². The molecule has 0 aromatic heterocycles. The van der Waals surface area contributed by atoms with Crippen LogP contribution in [0.4, 0.5) is 4.39 Å². The summed E-state index contributed by atoms with van der Waals surface area (Å²) in [5.74, 6) is -2.10. The van der Waals surface area contributed by atoms with Gasteiger partial charge in [-0.1, -0.05) is 11.6 Å².